The number of nitrogen functional groups attached to an aromatic ring is 1. The Bertz CT molecular complexity index is 766. The summed E-state index contributed by atoms with van der Waals surface area (Å²) in [4.78, 5) is 15.4. The lowest BCUT2D eigenvalue weighted by atomic mass is 10.0. The van der Waals surface area contributed by atoms with Crippen molar-refractivity contribution in [1.29, 1.82) is 0 Å². The van der Waals surface area contributed by atoms with Gasteiger partial charge in [0.1, 0.15) is 11.8 Å². The van der Waals surface area contributed by atoms with Crippen LogP contribution < -0.4 is 5.73 Å². The number of fused-ring (bicyclic) bond motifs is 2. The van der Waals surface area contributed by atoms with Gasteiger partial charge >= 0.3 is 0 Å². The molecule has 2 aromatic rings. The summed E-state index contributed by atoms with van der Waals surface area (Å²) in [5.74, 6) is 0.639. The highest BCUT2D eigenvalue weighted by molar-refractivity contribution is 5.81. The van der Waals surface area contributed by atoms with Crippen LogP contribution in [0.15, 0.2) is 17.8 Å². The predicted molar refractivity (Wildman–Crippen MR) is 73.9 cm³/mol. The van der Waals surface area contributed by atoms with Gasteiger partial charge in [-0.1, -0.05) is 5.11 Å². The molecule has 0 aliphatic heterocycles. The minimum Gasteiger partial charge on any atom is -0.396 e. The highest BCUT2D eigenvalue weighted by Gasteiger charge is 2.66. The van der Waals surface area contributed by atoms with Gasteiger partial charge in [0.05, 0.1) is 11.9 Å². The second-order valence-corrected chi connectivity index (χ2v) is 5.78. The van der Waals surface area contributed by atoms with Crippen LogP contribution in [0.3, 0.4) is 0 Å². The Labute approximate surface area is 119 Å². The van der Waals surface area contributed by atoms with Crippen LogP contribution in [0.25, 0.3) is 21.6 Å². The van der Waals surface area contributed by atoms with Gasteiger partial charge in [-0.2, -0.15) is 0 Å². The van der Waals surface area contributed by atoms with Crippen molar-refractivity contribution < 1.29 is 5.11 Å². The van der Waals surface area contributed by atoms with Crippen molar-refractivity contribution in [1.82, 2.24) is 19.5 Å². The van der Waals surface area contributed by atoms with E-state index in [0.717, 1.165) is 6.42 Å². The van der Waals surface area contributed by atoms with E-state index in [-0.39, 0.29) is 30.0 Å². The number of nitrogens with two attached hydrogens (primary N) is 1. The molecule has 4 rings (SSSR count). The first-order chi connectivity index (χ1) is 10.2. The number of hydrogen-bond acceptors (Lipinski definition) is 6. The highest BCUT2D eigenvalue weighted by Crippen LogP contribution is 2.65. The Morgan fingerprint density at radius 2 is 2.33 bits per heavy atom. The van der Waals surface area contributed by atoms with Crippen molar-refractivity contribution in [3.63, 3.8) is 0 Å². The molecule has 0 bridgehead atoms. The first kappa shape index (κ1) is 12.4. The molecule has 0 saturated heterocycles. The third-order valence-electron chi connectivity index (χ3n) is 4.93. The zero-order valence-electron chi connectivity index (χ0n) is 11.2. The number of imidazole rings is 1. The molecule has 2 aliphatic rings. The zero-order chi connectivity index (χ0) is 14.6. The monoisotopic (exact) mass is 286 g/mol. The third kappa shape index (κ3) is 1.50. The minimum absolute atomic E-state index is 0.00228. The van der Waals surface area contributed by atoms with Crippen molar-refractivity contribution in [2.45, 2.75) is 24.4 Å². The van der Waals surface area contributed by atoms with Gasteiger partial charge in [-0.05, 0) is 30.2 Å². The molecule has 9 heteroatoms. The van der Waals surface area contributed by atoms with Crippen molar-refractivity contribution in [2.24, 2.45) is 17.0 Å². The van der Waals surface area contributed by atoms with E-state index in [1.54, 1.807) is 6.33 Å². The normalized spacial score (nSPS) is 33.7. The Balaban J connectivity index is 1.80. The Hall–Kier alpha value is -2.38. The van der Waals surface area contributed by atoms with Gasteiger partial charge in [0.25, 0.3) is 0 Å². The number of aliphatic hydroxyl groups excluding tert-OH is 1. The molecule has 108 valence electrons. The maximum absolute atomic E-state index is 9.58. The number of azide groups is 1. The van der Waals surface area contributed by atoms with Gasteiger partial charge in [-0.25, -0.2) is 15.0 Å². The molecule has 2 heterocycles. The maximum Gasteiger partial charge on any atom is 0.165 e. The molecule has 0 unspecified atom stereocenters. The second kappa shape index (κ2) is 4.06. The third-order valence-corrected chi connectivity index (χ3v) is 4.93. The minimum atomic E-state index is -0.185. The van der Waals surface area contributed by atoms with Crippen LogP contribution in [-0.4, -0.2) is 37.3 Å². The van der Waals surface area contributed by atoms with E-state index < -0.39 is 0 Å². The molecule has 21 heavy (non-hydrogen) atoms. The molecular formula is C12H14N8O. The molecule has 2 saturated carbocycles. The molecule has 0 spiro atoms. The summed E-state index contributed by atoms with van der Waals surface area (Å²) in [6.45, 7) is 0.0276. The SMILES string of the molecule is [N-]=[N+]=N[C@H]1C[C@@]2(n3cnc4c(N)ncnc43)C[C@H]2[C@@H]1CO. The number of hydrogen-bond donors (Lipinski definition) is 2. The number of aliphatic hydroxyl groups is 1. The number of aromatic nitrogens is 4. The molecule has 0 aromatic carbocycles. The molecule has 9 nitrogen and oxygen atoms in total. The lowest BCUT2D eigenvalue weighted by Gasteiger charge is -2.17. The van der Waals surface area contributed by atoms with E-state index in [4.69, 9.17) is 11.3 Å². The lowest BCUT2D eigenvalue weighted by molar-refractivity contribution is 0.201. The molecule has 4 atom stereocenters. The summed E-state index contributed by atoms with van der Waals surface area (Å²) < 4.78 is 2.01. The highest BCUT2D eigenvalue weighted by atomic mass is 16.3. The topological polar surface area (TPSA) is 139 Å². The standard InChI is InChI=1S/C12H14N8O/c13-10-9-11(16-4-15-10)20(5-17-9)12-1-7(12)6(3-21)8(2-12)18-19-14/h4-8,21H,1-3H2,(H2,13,15,16)/t6-,7-,8-,12-/m0/s1. The van der Waals surface area contributed by atoms with E-state index in [2.05, 4.69) is 25.0 Å². The van der Waals surface area contributed by atoms with E-state index in [0.29, 0.717) is 23.4 Å². The van der Waals surface area contributed by atoms with Crippen LogP contribution in [0, 0.1) is 11.8 Å². The predicted octanol–water partition coefficient (Wildman–Crippen LogP) is 0.815. The fraction of sp³-hybridized carbons (Fsp3) is 0.583. The molecule has 0 amide bonds. The Morgan fingerprint density at radius 3 is 3.10 bits per heavy atom. The maximum atomic E-state index is 9.58. The molecule has 3 N–H and O–H groups in total. The summed E-state index contributed by atoms with van der Waals surface area (Å²) in [6, 6.07) is -0.185. The van der Waals surface area contributed by atoms with Crippen molar-refractivity contribution in [2.75, 3.05) is 12.3 Å². The van der Waals surface area contributed by atoms with Crippen LogP contribution >= 0.6 is 0 Å². The second-order valence-electron chi connectivity index (χ2n) is 5.78. The van der Waals surface area contributed by atoms with E-state index in [9.17, 15) is 5.11 Å². The first-order valence-electron chi connectivity index (χ1n) is 6.80. The van der Waals surface area contributed by atoms with E-state index in [1.807, 2.05) is 4.57 Å². The van der Waals surface area contributed by atoms with Crippen molar-refractivity contribution in [3.8, 4) is 0 Å². The largest absolute Gasteiger partial charge is 0.396 e. The molecule has 2 aliphatic carbocycles. The van der Waals surface area contributed by atoms with Crippen molar-refractivity contribution in [3.05, 3.63) is 23.1 Å². The van der Waals surface area contributed by atoms with E-state index in [1.165, 1.54) is 6.33 Å². The summed E-state index contributed by atoms with van der Waals surface area (Å²) in [5.41, 5.74) is 15.6. The summed E-state index contributed by atoms with van der Waals surface area (Å²) in [7, 11) is 0. The summed E-state index contributed by atoms with van der Waals surface area (Å²) >= 11 is 0. The molecular weight excluding hydrogens is 272 g/mol. The van der Waals surface area contributed by atoms with Gasteiger partial charge in [0, 0.05) is 17.6 Å². The van der Waals surface area contributed by atoms with Crippen LogP contribution in [0.2, 0.25) is 0 Å². The fourth-order valence-electron chi connectivity index (χ4n) is 3.88. The molecule has 0 radical (unpaired) electrons. The van der Waals surface area contributed by atoms with E-state index >= 15 is 0 Å². The first-order valence-corrected chi connectivity index (χ1v) is 6.80. The van der Waals surface area contributed by atoms with Crippen LogP contribution in [-0.2, 0) is 5.54 Å². The average molecular weight is 286 g/mol. The smallest absolute Gasteiger partial charge is 0.165 e. The van der Waals surface area contributed by atoms with Crippen LogP contribution in [0.4, 0.5) is 5.82 Å². The molecule has 2 aromatic heterocycles. The lowest BCUT2D eigenvalue weighted by Crippen LogP contribution is -2.20. The van der Waals surface area contributed by atoms with Gasteiger partial charge in [0.2, 0.25) is 0 Å². The van der Waals surface area contributed by atoms with Gasteiger partial charge in [0.15, 0.2) is 11.5 Å². The van der Waals surface area contributed by atoms with Crippen molar-refractivity contribution >= 4 is 17.0 Å². The van der Waals surface area contributed by atoms with Gasteiger partial charge < -0.3 is 15.4 Å². The van der Waals surface area contributed by atoms with Crippen LogP contribution in [0.1, 0.15) is 12.8 Å². The molecule has 2 fully saturated rings. The average Bonchev–Trinajstić information content (AvgIpc) is 2.89. The fourth-order valence-corrected chi connectivity index (χ4v) is 3.88. The quantitative estimate of drug-likeness (QED) is 0.488. The number of anilines is 1. The summed E-state index contributed by atoms with van der Waals surface area (Å²) in [6.07, 6.45) is 4.78. The zero-order valence-corrected chi connectivity index (χ0v) is 11.2. The summed E-state index contributed by atoms with van der Waals surface area (Å²) in [5, 5.41) is 13.4. The van der Waals surface area contributed by atoms with Gasteiger partial charge in [-0.3, -0.25) is 0 Å². The van der Waals surface area contributed by atoms with Crippen LogP contribution in [0.5, 0.6) is 0 Å². The van der Waals surface area contributed by atoms with Gasteiger partial charge in [-0.15, -0.1) is 0 Å². The number of nitrogens with zero attached hydrogens (tertiary/aromatic N) is 7. The number of rotatable bonds is 3. The Morgan fingerprint density at radius 1 is 1.48 bits per heavy atom. The Kier molecular flexibility index (Phi) is 2.39.